The Balaban J connectivity index is 2.55. The van der Waals surface area contributed by atoms with E-state index in [-0.39, 0.29) is 0 Å². The molecule has 0 radical (unpaired) electrons. The van der Waals surface area contributed by atoms with Gasteiger partial charge in [-0.05, 0) is 37.0 Å². The van der Waals surface area contributed by atoms with Gasteiger partial charge in [0.15, 0.2) is 0 Å². The highest BCUT2D eigenvalue weighted by molar-refractivity contribution is 5.76. The Hall–Kier alpha value is -0.570. The van der Waals surface area contributed by atoms with Crippen LogP contribution < -0.4 is 5.73 Å². The molecule has 0 bridgehead atoms. The van der Waals surface area contributed by atoms with Crippen molar-refractivity contribution in [3.05, 3.63) is 0 Å². The molecule has 3 N–H and O–H groups in total. The molecule has 106 valence electrons. The molecule has 3 atom stereocenters. The predicted octanol–water partition coefficient (Wildman–Crippen LogP) is 3.10. The third kappa shape index (κ3) is 4.97. The standard InChI is InChI=1S/C15H31N3/c1-11(2)10-18(8-7-15(16)17)14-6-5-12(3)13(4)9-14/h11-14H,5-10H2,1-4H3,(H3,16,17). The summed E-state index contributed by atoms with van der Waals surface area (Å²) in [7, 11) is 0. The quantitative estimate of drug-likeness (QED) is 0.564. The molecule has 18 heavy (non-hydrogen) atoms. The zero-order chi connectivity index (χ0) is 13.7. The average molecular weight is 253 g/mol. The molecule has 3 nitrogen and oxygen atoms in total. The first-order valence-electron chi connectivity index (χ1n) is 7.47. The molecule has 0 saturated heterocycles. The maximum Gasteiger partial charge on any atom is 0.0918 e. The highest BCUT2D eigenvalue weighted by Gasteiger charge is 2.28. The van der Waals surface area contributed by atoms with Gasteiger partial charge in [0, 0.05) is 25.6 Å². The van der Waals surface area contributed by atoms with Gasteiger partial charge >= 0.3 is 0 Å². The Kier molecular flexibility index (Phi) is 6.13. The normalized spacial score (nSPS) is 28.9. The molecule has 1 rings (SSSR count). The lowest BCUT2D eigenvalue weighted by Crippen LogP contribution is -2.43. The van der Waals surface area contributed by atoms with Gasteiger partial charge in [0.25, 0.3) is 0 Å². The molecular formula is C15H31N3. The summed E-state index contributed by atoms with van der Waals surface area (Å²) in [4.78, 5) is 2.58. The van der Waals surface area contributed by atoms with Crippen LogP contribution in [0.1, 0.15) is 53.4 Å². The second-order valence-electron chi connectivity index (χ2n) is 6.59. The van der Waals surface area contributed by atoms with Crippen molar-refractivity contribution in [3.8, 4) is 0 Å². The second-order valence-corrected chi connectivity index (χ2v) is 6.59. The van der Waals surface area contributed by atoms with E-state index >= 15 is 0 Å². The van der Waals surface area contributed by atoms with E-state index in [4.69, 9.17) is 11.1 Å². The zero-order valence-corrected chi connectivity index (χ0v) is 12.6. The van der Waals surface area contributed by atoms with E-state index in [0.717, 1.165) is 24.9 Å². The Morgan fingerprint density at radius 2 is 1.94 bits per heavy atom. The molecule has 0 aromatic carbocycles. The van der Waals surface area contributed by atoms with Gasteiger partial charge in [0.1, 0.15) is 0 Å². The van der Waals surface area contributed by atoms with Crippen molar-refractivity contribution in [3.63, 3.8) is 0 Å². The lowest BCUT2D eigenvalue weighted by Gasteiger charge is -2.40. The molecule has 0 aliphatic heterocycles. The van der Waals surface area contributed by atoms with Gasteiger partial charge in [-0.3, -0.25) is 10.3 Å². The maximum atomic E-state index is 7.41. The van der Waals surface area contributed by atoms with E-state index in [1.807, 2.05) is 0 Å². The van der Waals surface area contributed by atoms with Crippen LogP contribution in [0.2, 0.25) is 0 Å². The molecule has 0 spiro atoms. The lowest BCUT2D eigenvalue weighted by molar-refractivity contribution is 0.101. The van der Waals surface area contributed by atoms with Crippen molar-refractivity contribution in [2.45, 2.75) is 59.4 Å². The van der Waals surface area contributed by atoms with Gasteiger partial charge < -0.3 is 5.73 Å². The van der Waals surface area contributed by atoms with E-state index in [1.165, 1.54) is 19.3 Å². The Bertz CT molecular complexity index is 262. The van der Waals surface area contributed by atoms with Crippen LogP contribution in [0.4, 0.5) is 0 Å². The first-order valence-corrected chi connectivity index (χ1v) is 7.47. The van der Waals surface area contributed by atoms with Crippen LogP contribution in [0.15, 0.2) is 0 Å². The van der Waals surface area contributed by atoms with Crippen LogP contribution in [-0.2, 0) is 0 Å². The molecule has 1 saturated carbocycles. The van der Waals surface area contributed by atoms with Crippen LogP contribution in [0, 0.1) is 23.2 Å². The van der Waals surface area contributed by atoms with Crippen molar-refractivity contribution >= 4 is 5.84 Å². The van der Waals surface area contributed by atoms with Gasteiger partial charge in [-0.15, -0.1) is 0 Å². The minimum absolute atomic E-state index is 0.320. The fourth-order valence-corrected chi connectivity index (χ4v) is 3.01. The largest absolute Gasteiger partial charge is 0.388 e. The van der Waals surface area contributed by atoms with E-state index in [9.17, 15) is 0 Å². The minimum atomic E-state index is 0.320. The van der Waals surface area contributed by atoms with E-state index in [0.29, 0.717) is 24.2 Å². The Morgan fingerprint density at radius 3 is 2.44 bits per heavy atom. The molecule has 1 aliphatic carbocycles. The molecule has 0 aromatic heterocycles. The van der Waals surface area contributed by atoms with Crippen LogP contribution in [0.3, 0.4) is 0 Å². The van der Waals surface area contributed by atoms with E-state index in [2.05, 4.69) is 32.6 Å². The minimum Gasteiger partial charge on any atom is -0.388 e. The van der Waals surface area contributed by atoms with Crippen LogP contribution in [0.5, 0.6) is 0 Å². The summed E-state index contributed by atoms with van der Waals surface area (Å²) in [5.41, 5.74) is 5.51. The highest BCUT2D eigenvalue weighted by Crippen LogP contribution is 2.32. The van der Waals surface area contributed by atoms with Gasteiger partial charge in [-0.1, -0.05) is 27.7 Å². The molecule has 0 aromatic rings. The van der Waals surface area contributed by atoms with Gasteiger partial charge in [-0.25, -0.2) is 0 Å². The van der Waals surface area contributed by atoms with E-state index in [1.54, 1.807) is 0 Å². The smallest absolute Gasteiger partial charge is 0.0918 e. The predicted molar refractivity (Wildman–Crippen MR) is 78.9 cm³/mol. The number of amidine groups is 1. The summed E-state index contributed by atoms with van der Waals surface area (Å²) >= 11 is 0. The SMILES string of the molecule is CC(C)CN(CCC(=N)N)C1CCC(C)C(C)C1. The molecule has 3 unspecified atom stereocenters. The van der Waals surface area contributed by atoms with Gasteiger partial charge in [0.05, 0.1) is 5.84 Å². The number of hydrogen-bond donors (Lipinski definition) is 2. The molecular weight excluding hydrogens is 222 g/mol. The topological polar surface area (TPSA) is 53.1 Å². The summed E-state index contributed by atoms with van der Waals surface area (Å²) in [6.45, 7) is 11.4. The molecule has 0 amide bonds. The number of hydrogen-bond acceptors (Lipinski definition) is 2. The third-order valence-electron chi connectivity index (χ3n) is 4.35. The second kappa shape index (κ2) is 7.13. The van der Waals surface area contributed by atoms with Crippen molar-refractivity contribution in [1.82, 2.24) is 4.90 Å². The van der Waals surface area contributed by atoms with Crippen molar-refractivity contribution < 1.29 is 0 Å². The fourth-order valence-electron chi connectivity index (χ4n) is 3.01. The fraction of sp³-hybridized carbons (Fsp3) is 0.933. The maximum absolute atomic E-state index is 7.41. The lowest BCUT2D eigenvalue weighted by atomic mass is 9.78. The van der Waals surface area contributed by atoms with Crippen molar-refractivity contribution in [2.75, 3.05) is 13.1 Å². The van der Waals surface area contributed by atoms with Gasteiger partial charge in [0.2, 0.25) is 0 Å². The van der Waals surface area contributed by atoms with Crippen LogP contribution >= 0.6 is 0 Å². The summed E-state index contributed by atoms with van der Waals surface area (Å²) in [5.74, 6) is 2.71. The summed E-state index contributed by atoms with van der Waals surface area (Å²) in [6.07, 6.45) is 4.69. The summed E-state index contributed by atoms with van der Waals surface area (Å²) in [5, 5.41) is 7.41. The highest BCUT2D eigenvalue weighted by atomic mass is 15.2. The first kappa shape index (κ1) is 15.5. The van der Waals surface area contributed by atoms with Crippen molar-refractivity contribution in [1.29, 1.82) is 5.41 Å². The number of nitrogens with zero attached hydrogens (tertiary/aromatic N) is 1. The van der Waals surface area contributed by atoms with E-state index < -0.39 is 0 Å². The zero-order valence-electron chi connectivity index (χ0n) is 12.6. The third-order valence-corrected chi connectivity index (χ3v) is 4.35. The summed E-state index contributed by atoms with van der Waals surface area (Å²) in [6, 6.07) is 0.706. The summed E-state index contributed by atoms with van der Waals surface area (Å²) < 4.78 is 0. The Morgan fingerprint density at radius 1 is 1.28 bits per heavy atom. The van der Waals surface area contributed by atoms with Crippen molar-refractivity contribution in [2.24, 2.45) is 23.5 Å². The Labute approximate surface area is 113 Å². The first-order chi connectivity index (χ1) is 8.40. The monoisotopic (exact) mass is 253 g/mol. The molecule has 3 heteroatoms. The number of nitrogens with one attached hydrogen (secondary N) is 1. The molecule has 1 aliphatic rings. The van der Waals surface area contributed by atoms with Gasteiger partial charge in [-0.2, -0.15) is 0 Å². The number of nitrogens with two attached hydrogens (primary N) is 1. The average Bonchev–Trinajstić information content (AvgIpc) is 2.27. The van der Waals surface area contributed by atoms with Crippen LogP contribution in [-0.4, -0.2) is 29.9 Å². The molecule has 1 fully saturated rings. The number of rotatable bonds is 6. The molecule has 0 heterocycles. The van der Waals surface area contributed by atoms with Crippen LogP contribution in [0.25, 0.3) is 0 Å².